The zero-order valence-corrected chi connectivity index (χ0v) is 14.3. The monoisotopic (exact) mass is 332 g/mol. The number of ether oxygens (including phenoxy) is 1. The molecule has 0 bridgehead atoms. The van der Waals surface area contributed by atoms with Crippen LogP contribution in [0.5, 0.6) is 0 Å². The fourth-order valence-electron chi connectivity index (χ4n) is 2.54. The third kappa shape index (κ3) is 5.03. The third-order valence-corrected chi connectivity index (χ3v) is 6.40. The van der Waals surface area contributed by atoms with E-state index < -0.39 is 10.0 Å². The summed E-state index contributed by atoms with van der Waals surface area (Å²) in [7, 11) is -3.38. The first-order valence-corrected chi connectivity index (χ1v) is 9.70. The first kappa shape index (κ1) is 16.9. The summed E-state index contributed by atoms with van der Waals surface area (Å²) in [6.45, 7) is 8.00. The molecule has 1 aromatic heterocycles. The summed E-state index contributed by atoms with van der Waals surface area (Å²) in [4.78, 5) is 2.33. The molecule has 0 saturated carbocycles. The first-order valence-electron chi connectivity index (χ1n) is 7.34. The van der Waals surface area contributed by atoms with Crippen LogP contribution in [-0.2, 0) is 14.8 Å². The van der Waals surface area contributed by atoms with Crippen molar-refractivity contribution in [3.63, 3.8) is 0 Å². The smallest absolute Gasteiger partial charge is 0.250 e. The zero-order chi connectivity index (χ0) is 15.3. The van der Waals surface area contributed by atoms with Crippen LogP contribution in [0.4, 0.5) is 0 Å². The summed E-state index contributed by atoms with van der Waals surface area (Å²) >= 11 is 1.25. The lowest BCUT2D eigenvalue weighted by Gasteiger charge is -2.35. The van der Waals surface area contributed by atoms with Crippen molar-refractivity contribution in [2.45, 2.75) is 30.5 Å². The van der Waals surface area contributed by atoms with E-state index in [0.29, 0.717) is 16.7 Å². The van der Waals surface area contributed by atoms with Crippen molar-refractivity contribution in [3.8, 4) is 0 Å². The van der Waals surface area contributed by atoms with E-state index in [9.17, 15) is 8.42 Å². The molecule has 120 valence electrons. The Labute approximate surface area is 131 Å². The van der Waals surface area contributed by atoms with E-state index in [1.165, 1.54) is 11.3 Å². The SMILES string of the molecule is CC(C)C[C@@H](CNS(=O)(=O)c1cccs1)N1CCOCC1. The minimum absolute atomic E-state index is 0.226. The quantitative estimate of drug-likeness (QED) is 0.827. The molecule has 0 aliphatic carbocycles. The van der Waals surface area contributed by atoms with Gasteiger partial charge in [0.25, 0.3) is 0 Å². The van der Waals surface area contributed by atoms with Gasteiger partial charge in [0.2, 0.25) is 10.0 Å². The summed E-state index contributed by atoms with van der Waals surface area (Å²) in [5.41, 5.74) is 0. The van der Waals surface area contributed by atoms with Gasteiger partial charge in [-0.05, 0) is 23.8 Å². The minimum Gasteiger partial charge on any atom is -0.379 e. The maximum Gasteiger partial charge on any atom is 0.250 e. The van der Waals surface area contributed by atoms with Crippen molar-refractivity contribution in [2.75, 3.05) is 32.8 Å². The van der Waals surface area contributed by atoms with Crippen molar-refractivity contribution in [1.29, 1.82) is 0 Å². The van der Waals surface area contributed by atoms with Crippen molar-refractivity contribution in [1.82, 2.24) is 9.62 Å². The van der Waals surface area contributed by atoms with Gasteiger partial charge in [-0.3, -0.25) is 4.90 Å². The third-order valence-electron chi connectivity index (χ3n) is 3.57. The van der Waals surface area contributed by atoms with Gasteiger partial charge in [-0.25, -0.2) is 13.1 Å². The molecule has 0 aromatic carbocycles. The number of rotatable bonds is 7. The predicted octanol–water partition coefficient (Wildman–Crippen LogP) is 1.77. The van der Waals surface area contributed by atoms with E-state index in [-0.39, 0.29) is 6.04 Å². The van der Waals surface area contributed by atoms with E-state index in [0.717, 1.165) is 32.7 Å². The Morgan fingerprint density at radius 1 is 1.38 bits per heavy atom. The standard InChI is InChI=1S/C14H24N2O3S2/c1-12(2)10-13(16-5-7-19-8-6-16)11-15-21(17,18)14-4-3-9-20-14/h3-4,9,12-13,15H,5-8,10-11H2,1-2H3/t13-/m0/s1. The Bertz CT molecular complexity index is 508. The van der Waals surface area contributed by atoms with Gasteiger partial charge in [0.15, 0.2) is 0 Å². The van der Waals surface area contributed by atoms with Crippen LogP contribution in [0.25, 0.3) is 0 Å². The Hall–Kier alpha value is -0.470. The highest BCUT2D eigenvalue weighted by Crippen LogP contribution is 2.17. The van der Waals surface area contributed by atoms with Crippen LogP contribution in [0.3, 0.4) is 0 Å². The number of hydrogen-bond donors (Lipinski definition) is 1. The average Bonchev–Trinajstić information content (AvgIpc) is 2.99. The van der Waals surface area contributed by atoms with Crippen LogP contribution >= 0.6 is 11.3 Å². The van der Waals surface area contributed by atoms with Crippen molar-refractivity contribution in [2.24, 2.45) is 5.92 Å². The van der Waals surface area contributed by atoms with E-state index in [1.807, 2.05) is 0 Å². The Morgan fingerprint density at radius 2 is 2.10 bits per heavy atom. The number of hydrogen-bond acceptors (Lipinski definition) is 5. The number of nitrogens with one attached hydrogen (secondary N) is 1. The van der Waals surface area contributed by atoms with Crippen LogP contribution in [0.15, 0.2) is 21.7 Å². The largest absolute Gasteiger partial charge is 0.379 e. The van der Waals surface area contributed by atoms with Crippen molar-refractivity contribution in [3.05, 3.63) is 17.5 Å². The van der Waals surface area contributed by atoms with Crippen LogP contribution in [0.1, 0.15) is 20.3 Å². The number of sulfonamides is 1. The first-order chi connectivity index (χ1) is 9.99. The molecule has 1 saturated heterocycles. The molecule has 0 amide bonds. The Morgan fingerprint density at radius 3 is 2.67 bits per heavy atom. The van der Waals surface area contributed by atoms with Crippen molar-refractivity contribution < 1.29 is 13.2 Å². The molecule has 21 heavy (non-hydrogen) atoms. The number of nitrogens with zero attached hydrogens (tertiary/aromatic N) is 1. The van der Waals surface area contributed by atoms with Gasteiger partial charge in [0.05, 0.1) is 13.2 Å². The highest BCUT2D eigenvalue weighted by atomic mass is 32.2. The Kier molecular flexibility index (Phi) is 6.19. The molecule has 0 spiro atoms. The second kappa shape index (κ2) is 7.69. The average molecular weight is 332 g/mol. The highest BCUT2D eigenvalue weighted by molar-refractivity contribution is 7.91. The van der Waals surface area contributed by atoms with Gasteiger partial charge >= 0.3 is 0 Å². The lowest BCUT2D eigenvalue weighted by molar-refractivity contribution is 0.0134. The van der Waals surface area contributed by atoms with E-state index in [1.54, 1.807) is 17.5 Å². The molecular formula is C14H24N2O3S2. The predicted molar refractivity (Wildman–Crippen MR) is 85.1 cm³/mol. The molecule has 2 rings (SSSR count). The second-order valence-corrected chi connectivity index (χ2v) is 8.66. The fraction of sp³-hybridized carbons (Fsp3) is 0.714. The molecule has 1 atom stereocenters. The van der Waals surface area contributed by atoms with Crippen molar-refractivity contribution >= 4 is 21.4 Å². The van der Waals surface area contributed by atoms with Gasteiger partial charge in [0.1, 0.15) is 4.21 Å². The van der Waals surface area contributed by atoms with Gasteiger partial charge in [0, 0.05) is 25.7 Å². The number of morpholine rings is 1. The molecule has 0 unspecified atom stereocenters. The molecule has 1 aliphatic heterocycles. The molecule has 1 aromatic rings. The Balaban J connectivity index is 1.98. The lowest BCUT2D eigenvalue weighted by atomic mass is 10.0. The van der Waals surface area contributed by atoms with Gasteiger partial charge in [-0.2, -0.15) is 0 Å². The zero-order valence-electron chi connectivity index (χ0n) is 12.6. The molecule has 7 heteroatoms. The summed E-state index contributed by atoms with van der Waals surface area (Å²) in [6.07, 6.45) is 0.979. The fourth-order valence-corrected chi connectivity index (χ4v) is 4.65. The van der Waals surface area contributed by atoms with Crippen LogP contribution in [-0.4, -0.2) is 52.2 Å². The van der Waals surface area contributed by atoms with Crippen LogP contribution in [0.2, 0.25) is 0 Å². The summed E-state index contributed by atoms with van der Waals surface area (Å²) in [6, 6.07) is 3.62. The molecule has 1 N–H and O–H groups in total. The summed E-state index contributed by atoms with van der Waals surface area (Å²) in [5, 5.41) is 1.78. The van der Waals surface area contributed by atoms with Crippen LogP contribution in [0, 0.1) is 5.92 Å². The van der Waals surface area contributed by atoms with Gasteiger partial charge < -0.3 is 4.74 Å². The van der Waals surface area contributed by atoms with E-state index in [2.05, 4.69) is 23.5 Å². The second-order valence-electron chi connectivity index (χ2n) is 5.72. The lowest BCUT2D eigenvalue weighted by Crippen LogP contribution is -2.49. The topological polar surface area (TPSA) is 58.6 Å². The molecular weight excluding hydrogens is 308 g/mol. The van der Waals surface area contributed by atoms with E-state index in [4.69, 9.17) is 4.74 Å². The summed E-state index contributed by atoms with van der Waals surface area (Å²) in [5.74, 6) is 0.532. The highest BCUT2D eigenvalue weighted by Gasteiger charge is 2.24. The molecule has 1 fully saturated rings. The summed E-state index contributed by atoms with van der Waals surface area (Å²) < 4.78 is 33.0. The molecule has 2 heterocycles. The van der Waals surface area contributed by atoms with Gasteiger partial charge in [-0.15, -0.1) is 11.3 Å². The van der Waals surface area contributed by atoms with E-state index >= 15 is 0 Å². The molecule has 5 nitrogen and oxygen atoms in total. The normalized spacial score (nSPS) is 19.0. The molecule has 0 radical (unpaired) electrons. The van der Waals surface area contributed by atoms with Crippen LogP contribution < -0.4 is 4.72 Å². The minimum atomic E-state index is -3.38. The van der Waals surface area contributed by atoms with Gasteiger partial charge in [-0.1, -0.05) is 19.9 Å². The number of thiophene rings is 1. The molecule has 1 aliphatic rings. The maximum absolute atomic E-state index is 12.2. The maximum atomic E-state index is 12.2.